The number of aromatic amines is 1. The number of rotatable bonds is 5. The molecule has 2 aromatic rings. The number of aryl methyl sites for hydroxylation is 1. The minimum absolute atomic E-state index is 0.517. The van der Waals surface area contributed by atoms with E-state index < -0.39 is 0 Å². The average molecular weight is 249 g/mol. The first kappa shape index (κ1) is 12.3. The van der Waals surface area contributed by atoms with E-state index in [1.165, 1.54) is 16.4 Å². The van der Waals surface area contributed by atoms with Crippen LogP contribution in [0.4, 0.5) is 0 Å². The molecule has 92 valence electrons. The molecule has 17 heavy (non-hydrogen) atoms. The third-order valence-electron chi connectivity index (χ3n) is 3.00. The lowest BCUT2D eigenvalue weighted by atomic mass is 10.0. The summed E-state index contributed by atoms with van der Waals surface area (Å²) >= 11 is 1.78. The van der Waals surface area contributed by atoms with E-state index in [1.54, 1.807) is 17.7 Å². The largest absolute Gasteiger partial charge is 0.348 e. The lowest BCUT2D eigenvalue weighted by Crippen LogP contribution is -1.97. The molecule has 0 aliphatic carbocycles. The Morgan fingerprint density at radius 2 is 2.18 bits per heavy atom. The van der Waals surface area contributed by atoms with Crippen molar-refractivity contribution in [2.75, 3.05) is 0 Å². The maximum absolute atomic E-state index is 4.66. The minimum Gasteiger partial charge on any atom is -0.348 e. The Morgan fingerprint density at radius 3 is 2.76 bits per heavy atom. The monoisotopic (exact) mass is 249 g/mol. The Morgan fingerprint density at radius 1 is 1.35 bits per heavy atom. The van der Waals surface area contributed by atoms with Crippen molar-refractivity contribution in [2.45, 2.75) is 45.4 Å². The van der Waals surface area contributed by atoms with E-state index in [2.05, 4.69) is 41.1 Å². The van der Waals surface area contributed by atoms with Gasteiger partial charge in [0.05, 0.1) is 17.0 Å². The maximum atomic E-state index is 4.66. The minimum atomic E-state index is 0.517. The summed E-state index contributed by atoms with van der Waals surface area (Å²) in [6.45, 7) is 6.60. The van der Waals surface area contributed by atoms with Crippen LogP contribution in [-0.2, 0) is 6.42 Å². The Labute approximate surface area is 106 Å². The highest BCUT2D eigenvalue weighted by atomic mass is 32.1. The average Bonchev–Trinajstić information content (AvgIpc) is 2.97. The van der Waals surface area contributed by atoms with Crippen LogP contribution in [0.2, 0.25) is 0 Å². The van der Waals surface area contributed by atoms with Crippen molar-refractivity contribution in [1.82, 2.24) is 15.0 Å². The highest BCUT2D eigenvalue weighted by molar-refractivity contribution is 7.09. The highest BCUT2D eigenvalue weighted by Crippen LogP contribution is 2.22. The third-order valence-corrected chi connectivity index (χ3v) is 3.93. The molecule has 0 amide bonds. The van der Waals surface area contributed by atoms with Crippen molar-refractivity contribution < 1.29 is 0 Å². The Kier molecular flexibility index (Phi) is 3.94. The van der Waals surface area contributed by atoms with Crippen LogP contribution < -0.4 is 0 Å². The van der Waals surface area contributed by atoms with E-state index in [0.29, 0.717) is 11.8 Å². The number of H-pyrrole nitrogens is 1. The standard InChI is InChI=1S/C13H19N3S/c1-9(2)12-7-17-13(16-12)5-4-10(3)11-6-14-8-15-11/h6-10H,4-5H2,1-3H3,(H,14,15). The molecule has 0 bridgehead atoms. The van der Waals surface area contributed by atoms with Gasteiger partial charge in [-0.15, -0.1) is 11.3 Å². The highest BCUT2D eigenvalue weighted by Gasteiger charge is 2.10. The predicted octanol–water partition coefficient (Wildman–Crippen LogP) is 3.73. The number of hydrogen-bond acceptors (Lipinski definition) is 3. The molecule has 0 fully saturated rings. The van der Waals surface area contributed by atoms with Crippen molar-refractivity contribution >= 4 is 11.3 Å². The smallest absolute Gasteiger partial charge is 0.0928 e. The van der Waals surface area contributed by atoms with Gasteiger partial charge in [-0.25, -0.2) is 9.97 Å². The second-order valence-electron chi connectivity index (χ2n) is 4.77. The van der Waals surface area contributed by atoms with Crippen LogP contribution in [0.3, 0.4) is 0 Å². The van der Waals surface area contributed by atoms with Gasteiger partial charge in [0.25, 0.3) is 0 Å². The van der Waals surface area contributed by atoms with Crippen LogP contribution in [0.1, 0.15) is 55.4 Å². The van der Waals surface area contributed by atoms with Crippen LogP contribution in [0.5, 0.6) is 0 Å². The van der Waals surface area contributed by atoms with Crippen LogP contribution >= 0.6 is 11.3 Å². The molecule has 0 aliphatic rings. The van der Waals surface area contributed by atoms with Gasteiger partial charge in [-0.05, 0) is 24.7 Å². The lowest BCUT2D eigenvalue weighted by molar-refractivity contribution is 0.660. The molecule has 1 unspecified atom stereocenters. The lowest BCUT2D eigenvalue weighted by Gasteiger charge is -2.07. The summed E-state index contributed by atoms with van der Waals surface area (Å²) in [6.07, 6.45) is 5.82. The van der Waals surface area contributed by atoms with Crippen LogP contribution in [0, 0.1) is 0 Å². The topological polar surface area (TPSA) is 41.6 Å². The fraction of sp³-hybridized carbons (Fsp3) is 0.538. The quantitative estimate of drug-likeness (QED) is 0.877. The number of nitrogens with one attached hydrogen (secondary N) is 1. The maximum Gasteiger partial charge on any atom is 0.0928 e. The summed E-state index contributed by atoms with van der Waals surface area (Å²) < 4.78 is 0. The number of imidazole rings is 1. The number of hydrogen-bond donors (Lipinski definition) is 1. The zero-order valence-electron chi connectivity index (χ0n) is 10.6. The summed E-state index contributed by atoms with van der Waals surface area (Å²) in [7, 11) is 0. The molecule has 0 saturated carbocycles. The van der Waals surface area contributed by atoms with E-state index in [0.717, 1.165) is 12.8 Å². The molecule has 2 aromatic heterocycles. The molecule has 2 rings (SSSR count). The molecule has 4 heteroatoms. The molecule has 1 N–H and O–H groups in total. The van der Waals surface area contributed by atoms with Gasteiger partial charge in [0.15, 0.2) is 0 Å². The van der Waals surface area contributed by atoms with Crippen molar-refractivity contribution in [1.29, 1.82) is 0 Å². The molecule has 0 saturated heterocycles. The summed E-state index contributed by atoms with van der Waals surface area (Å²) in [5.41, 5.74) is 2.44. The molecular weight excluding hydrogens is 230 g/mol. The van der Waals surface area contributed by atoms with Crippen molar-refractivity contribution in [3.8, 4) is 0 Å². The zero-order valence-corrected chi connectivity index (χ0v) is 11.4. The van der Waals surface area contributed by atoms with Gasteiger partial charge >= 0.3 is 0 Å². The molecule has 2 heterocycles. The number of nitrogens with zero attached hydrogens (tertiary/aromatic N) is 2. The molecule has 3 nitrogen and oxygen atoms in total. The van der Waals surface area contributed by atoms with Crippen molar-refractivity contribution in [3.05, 3.63) is 34.3 Å². The first-order chi connectivity index (χ1) is 8.16. The molecule has 0 radical (unpaired) electrons. The van der Waals surface area contributed by atoms with E-state index >= 15 is 0 Å². The van der Waals surface area contributed by atoms with Gasteiger partial charge < -0.3 is 4.98 Å². The third kappa shape index (κ3) is 3.16. The van der Waals surface area contributed by atoms with E-state index in [1.807, 2.05) is 6.20 Å². The summed E-state index contributed by atoms with van der Waals surface area (Å²) in [5.74, 6) is 1.05. The van der Waals surface area contributed by atoms with E-state index in [9.17, 15) is 0 Å². The van der Waals surface area contributed by atoms with Crippen molar-refractivity contribution in [3.63, 3.8) is 0 Å². The van der Waals surface area contributed by atoms with Gasteiger partial charge in [0.1, 0.15) is 0 Å². The van der Waals surface area contributed by atoms with Crippen LogP contribution in [0.25, 0.3) is 0 Å². The van der Waals surface area contributed by atoms with Gasteiger partial charge in [-0.1, -0.05) is 20.8 Å². The van der Waals surface area contributed by atoms with Gasteiger partial charge in [0.2, 0.25) is 0 Å². The number of aromatic nitrogens is 3. The molecule has 0 spiro atoms. The Bertz CT molecular complexity index is 445. The fourth-order valence-corrected chi connectivity index (χ4v) is 2.71. The predicted molar refractivity (Wildman–Crippen MR) is 71.5 cm³/mol. The van der Waals surface area contributed by atoms with E-state index in [-0.39, 0.29) is 0 Å². The van der Waals surface area contributed by atoms with Gasteiger partial charge in [-0.2, -0.15) is 0 Å². The van der Waals surface area contributed by atoms with Crippen LogP contribution in [-0.4, -0.2) is 15.0 Å². The fourth-order valence-electron chi connectivity index (χ4n) is 1.74. The summed E-state index contributed by atoms with van der Waals surface area (Å²) in [6, 6.07) is 0. The second kappa shape index (κ2) is 5.45. The Hall–Kier alpha value is -1.16. The molecule has 0 aromatic carbocycles. The first-order valence-corrected chi connectivity index (χ1v) is 6.97. The zero-order chi connectivity index (χ0) is 12.3. The van der Waals surface area contributed by atoms with Gasteiger partial charge in [0, 0.05) is 17.3 Å². The van der Waals surface area contributed by atoms with E-state index in [4.69, 9.17) is 0 Å². The Balaban J connectivity index is 1.89. The number of thiazole rings is 1. The normalized spacial score (nSPS) is 13.2. The molecule has 0 aliphatic heterocycles. The van der Waals surface area contributed by atoms with Gasteiger partial charge in [-0.3, -0.25) is 0 Å². The van der Waals surface area contributed by atoms with Crippen LogP contribution in [0.15, 0.2) is 17.9 Å². The molecular formula is C13H19N3S. The second-order valence-corrected chi connectivity index (χ2v) is 5.71. The first-order valence-electron chi connectivity index (χ1n) is 6.09. The molecule has 1 atom stereocenters. The summed E-state index contributed by atoms with van der Waals surface area (Å²) in [5, 5.41) is 3.43. The SMILES string of the molecule is CC(C)c1csc(CCC(C)c2cnc[nH]2)n1. The summed E-state index contributed by atoms with van der Waals surface area (Å²) in [4.78, 5) is 11.9. The van der Waals surface area contributed by atoms with Crippen molar-refractivity contribution in [2.24, 2.45) is 0 Å².